The lowest BCUT2D eigenvalue weighted by molar-refractivity contribution is 0.0377. The molecule has 0 radical (unpaired) electrons. The van der Waals surface area contributed by atoms with E-state index in [-0.39, 0.29) is 12.1 Å². The van der Waals surface area contributed by atoms with Gasteiger partial charge in [-0.3, -0.25) is 0 Å². The zero-order valence-electron chi connectivity index (χ0n) is 12.4. The quantitative estimate of drug-likeness (QED) is 0.557. The van der Waals surface area contributed by atoms with Gasteiger partial charge in [0.15, 0.2) is 0 Å². The Morgan fingerprint density at radius 3 is 2.75 bits per heavy atom. The Hall–Kier alpha value is -1.39. The zero-order chi connectivity index (χ0) is 14.8. The Morgan fingerprint density at radius 2 is 2.05 bits per heavy atom. The highest BCUT2D eigenvalue weighted by Crippen LogP contribution is 2.09. The molecule has 0 amide bonds. The van der Waals surface area contributed by atoms with E-state index >= 15 is 0 Å². The van der Waals surface area contributed by atoms with Crippen molar-refractivity contribution in [3.8, 4) is 0 Å². The van der Waals surface area contributed by atoms with Crippen LogP contribution in [0.4, 0.5) is 0 Å². The van der Waals surface area contributed by atoms with Crippen LogP contribution in [0.3, 0.4) is 0 Å². The minimum atomic E-state index is -0.287. The summed E-state index contributed by atoms with van der Waals surface area (Å²) in [5, 5.41) is 0. The smallest absolute Gasteiger partial charge is 0.338 e. The molecule has 0 unspecified atom stereocenters. The molecule has 1 aromatic rings. The third-order valence-electron chi connectivity index (χ3n) is 2.77. The minimum Gasteiger partial charge on any atom is -0.459 e. The van der Waals surface area contributed by atoms with Gasteiger partial charge in [-0.1, -0.05) is 12.1 Å². The van der Waals surface area contributed by atoms with Crippen molar-refractivity contribution in [1.82, 2.24) is 0 Å². The van der Waals surface area contributed by atoms with Crippen molar-refractivity contribution in [3.05, 3.63) is 35.4 Å². The topological polar surface area (TPSA) is 61.5 Å². The number of carbonyl (C=O) groups is 1. The Bertz CT molecular complexity index is 404. The fraction of sp³-hybridized carbons (Fsp3) is 0.562. The molecule has 2 N–H and O–H groups in total. The Morgan fingerprint density at radius 1 is 1.25 bits per heavy atom. The molecule has 0 saturated carbocycles. The minimum absolute atomic E-state index is 0.107. The van der Waals surface area contributed by atoms with Crippen LogP contribution < -0.4 is 5.73 Å². The van der Waals surface area contributed by atoms with Crippen LogP contribution in [0.15, 0.2) is 24.3 Å². The summed E-state index contributed by atoms with van der Waals surface area (Å²) in [4.78, 5) is 11.8. The van der Waals surface area contributed by atoms with Crippen molar-refractivity contribution in [1.29, 1.82) is 0 Å². The molecule has 4 heteroatoms. The molecule has 0 aliphatic heterocycles. The number of nitrogens with two attached hydrogens (primary N) is 1. The van der Waals surface area contributed by atoms with Crippen molar-refractivity contribution in [2.45, 2.75) is 45.8 Å². The molecule has 112 valence electrons. The molecule has 0 heterocycles. The first-order chi connectivity index (χ1) is 9.63. The molecule has 4 nitrogen and oxygen atoms in total. The van der Waals surface area contributed by atoms with E-state index < -0.39 is 0 Å². The van der Waals surface area contributed by atoms with Crippen LogP contribution >= 0.6 is 0 Å². The van der Waals surface area contributed by atoms with Gasteiger partial charge in [0, 0.05) is 6.61 Å². The average molecular weight is 279 g/mol. The van der Waals surface area contributed by atoms with E-state index in [0.29, 0.717) is 12.2 Å². The summed E-state index contributed by atoms with van der Waals surface area (Å²) in [6, 6.07) is 7.39. The highest BCUT2D eigenvalue weighted by Gasteiger charge is 2.09. The number of benzene rings is 1. The van der Waals surface area contributed by atoms with Gasteiger partial charge in [0.05, 0.1) is 18.3 Å². The molecule has 0 spiro atoms. The summed E-state index contributed by atoms with van der Waals surface area (Å²) < 4.78 is 10.8. The van der Waals surface area contributed by atoms with Crippen molar-refractivity contribution >= 4 is 5.97 Å². The second-order valence-corrected chi connectivity index (χ2v) is 5.06. The summed E-state index contributed by atoms with van der Waals surface area (Å²) >= 11 is 0. The number of hydrogen-bond acceptors (Lipinski definition) is 4. The van der Waals surface area contributed by atoms with Crippen LogP contribution in [0.25, 0.3) is 0 Å². The van der Waals surface area contributed by atoms with Crippen LogP contribution in [0, 0.1) is 0 Å². The molecule has 0 fully saturated rings. The second-order valence-electron chi connectivity index (χ2n) is 5.06. The lowest BCUT2D eigenvalue weighted by atomic mass is 10.1. The zero-order valence-corrected chi connectivity index (χ0v) is 12.4. The van der Waals surface area contributed by atoms with Gasteiger partial charge in [-0.15, -0.1) is 0 Å². The van der Waals surface area contributed by atoms with Gasteiger partial charge in [0.25, 0.3) is 0 Å². The van der Waals surface area contributed by atoms with Gasteiger partial charge in [-0.2, -0.15) is 0 Å². The fourth-order valence-corrected chi connectivity index (χ4v) is 1.79. The van der Waals surface area contributed by atoms with Gasteiger partial charge in [0.1, 0.15) is 0 Å². The van der Waals surface area contributed by atoms with Crippen LogP contribution in [-0.2, 0) is 16.1 Å². The van der Waals surface area contributed by atoms with Crippen LogP contribution in [-0.4, -0.2) is 25.2 Å². The maximum Gasteiger partial charge on any atom is 0.338 e. The number of ether oxygens (including phenoxy) is 2. The van der Waals surface area contributed by atoms with Crippen molar-refractivity contribution < 1.29 is 14.3 Å². The molecule has 0 aromatic heterocycles. The van der Waals surface area contributed by atoms with Crippen molar-refractivity contribution in [3.63, 3.8) is 0 Å². The van der Waals surface area contributed by atoms with E-state index in [4.69, 9.17) is 15.2 Å². The molecular weight excluding hydrogens is 254 g/mol. The highest BCUT2D eigenvalue weighted by atomic mass is 16.5. The van der Waals surface area contributed by atoms with E-state index in [2.05, 4.69) is 0 Å². The first kappa shape index (κ1) is 16.7. The van der Waals surface area contributed by atoms with E-state index in [1.807, 2.05) is 32.0 Å². The molecule has 1 aromatic carbocycles. The van der Waals surface area contributed by atoms with Gasteiger partial charge in [-0.25, -0.2) is 4.79 Å². The van der Waals surface area contributed by atoms with E-state index in [1.54, 1.807) is 6.07 Å². The molecule has 0 atom stereocenters. The summed E-state index contributed by atoms with van der Waals surface area (Å²) in [6.45, 7) is 5.66. The third kappa shape index (κ3) is 6.68. The average Bonchev–Trinajstić information content (AvgIpc) is 2.42. The summed E-state index contributed by atoms with van der Waals surface area (Å²) in [5.74, 6) is -0.287. The van der Waals surface area contributed by atoms with Crippen LogP contribution in [0.1, 0.15) is 49.0 Å². The number of esters is 1. The number of unbranched alkanes of at least 4 members (excludes halogenated alkanes) is 2. The second kappa shape index (κ2) is 9.50. The van der Waals surface area contributed by atoms with E-state index in [0.717, 1.165) is 38.0 Å². The predicted molar refractivity (Wildman–Crippen MR) is 79.6 cm³/mol. The van der Waals surface area contributed by atoms with Crippen LogP contribution in [0.2, 0.25) is 0 Å². The third-order valence-corrected chi connectivity index (χ3v) is 2.77. The standard InChI is InChI=1S/C16H25NO3/c1-13(2)20-16(18)15-8-6-7-14(11-15)12-19-10-5-3-4-9-17/h6-8,11,13H,3-5,9-10,12,17H2,1-2H3. The first-order valence-corrected chi connectivity index (χ1v) is 7.21. The monoisotopic (exact) mass is 279 g/mol. The summed E-state index contributed by atoms with van der Waals surface area (Å²) in [5.41, 5.74) is 6.99. The van der Waals surface area contributed by atoms with Crippen LogP contribution in [0.5, 0.6) is 0 Å². The molecule has 1 rings (SSSR count). The predicted octanol–water partition coefficient (Wildman–Crippen LogP) is 2.90. The van der Waals surface area contributed by atoms with Crippen molar-refractivity contribution in [2.24, 2.45) is 5.73 Å². The molecule has 0 bridgehead atoms. The molecule has 0 aliphatic carbocycles. The van der Waals surface area contributed by atoms with Crippen molar-refractivity contribution in [2.75, 3.05) is 13.2 Å². The first-order valence-electron chi connectivity index (χ1n) is 7.21. The van der Waals surface area contributed by atoms with Gasteiger partial charge >= 0.3 is 5.97 Å². The maximum atomic E-state index is 11.8. The molecule has 0 saturated heterocycles. The van der Waals surface area contributed by atoms with E-state index in [9.17, 15) is 4.79 Å². The fourth-order valence-electron chi connectivity index (χ4n) is 1.79. The normalized spacial score (nSPS) is 10.8. The summed E-state index contributed by atoms with van der Waals surface area (Å²) in [6.07, 6.45) is 3.05. The molecule has 0 aliphatic rings. The molecular formula is C16H25NO3. The largest absolute Gasteiger partial charge is 0.459 e. The maximum absolute atomic E-state index is 11.8. The van der Waals surface area contributed by atoms with E-state index in [1.165, 1.54) is 0 Å². The number of rotatable bonds is 9. The number of carbonyl (C=O) groups excluding carboxylic acids is 1. The Balaban J connectivity index is 2.38. The van der Waals surface area contributed by atoms with Gasteiger partial charge in [0.2, 0.25) is 0 Å². The Kier molecular flexibility index (Phi) is 7.92. The lowest BCUT2D eigenvalue weighted by Gasteiger charge is -2.09. The van der Waals surface area contributed by atoms with Gasteiger partial charge in [-0.05, 0) is 57.4 Å². The Labute approximate surface area is 121 Å². The summed E-state index contributed by atoms with van der Waals surface area (Å²) in [7, 11) is 0. The highest BCUT2D eigenvalue weighted by molar-refractivity contribution is 5.89. The lowest BCUT2D eigenvalue weighted by Crippen LogP contribution is -2.11. The van der Waals surface area contributed by atoms with Gasteiger partial charge < -0.3 is 15.2 Å². The number of hydrogen-bond donors (Lipinski definition) is 1. The SMILES string of the molecule is CC(C)OC(=O)c1cccc(COCCCCCN)c1. The molecule has 20 heavy (non-hydrogen) atoms.